The van der Waals surface area contributed by atoms with Crippen molar-refractivity contribution in [3.05, 3.63) is 51.9 Å². The molecule has 1 heterocycles. The second-order valence-electron chi connectivity index (χ2n) is 3.70. The molecule has 1 aromatic heterocycles. The molecule has 86 valence electrons. The largest absolute Gasteiger partial charge is 0.449 e. The lowest BCUT2D eigenvalue weighted by Crippen LogP contribution is -1.98. The molecule has 3 nitrogen and oxygen atoms in total. The van der Waals surface area contributed by atoms with Gasteiger partial charge in [0.25, 0.3) is 0 Å². The molecule has 0 atom stereocenters. The molecule has 1 aromatic carbocycles. The summed E-state index contributed by atoms with van der Waals surface area (Å²) in [4.78, 5) is 0. The van der Waals surface area contributed by atoms with Gasteiger partial charge in [-0.3, -0.25) is 0 Å². The van der Waals surface area contributed by atoms with Crippen molar-refractivity contribution in [1.29, 1.82) is 5.26 Å². The first-order valence-electron chi connectivity index (χ1n) is 5.18. The highest BCUT2D eigenvalue weighted by molar-refractivity contribution is 9.10. The molecule has 0 amide bonds. The fraction of sp³-hybridized carbons (Fsp3) is 0.154. The van der Waals surface area contributed by atoms with Gasteiger partial charge in [-0.15, -0.1) is 0 Å². The van der Waals surface area contributed by atoms with Crippen LogP contribution in [0.1, 0.15) is 17.1 Å². The standard InChI is InChI=1S/C13H11BrN2O/c1-9-2-3-10(6-13(9)14)16-8-12-5-4-11(7-15)17-12/h2-6,16H,8H2,1H3. The third-order valence-electron chi connectivity index (χ3n) is 2.41. The molecular formula is C13H11BrN2O. The normalized spacial score (nSPS) is 9.94. The number of hydrogen-bond acceptors (Lipinski definition) is 3. The van der Waals surface area contributed by atoms with Crippen LogP contribution >= 0.6 is 15.9 Å². The van der Waals surface area contributed by atoms with E-state index in [0.29, 0.717) is 12.3 Å². The first-order chi connectivity index (χ1) is 8.19. The molecule has 0 aliphatic carbocycles. The molecular weight excluding hydrogens is 280 g/mol. The van der Waals surface area contributed by atoms with Gasteiger partial charge in [0.2, 0.25) is 5.76 Å². The number of anilines is 1. The summed E-state index contributed by atoms with van der Waals surface area (Å²) in [7, 11) is 0. The third-order valence-corrected chi connectivity index (χ3v) is 3.26. The van der Waals surface area contributed by atoms with E-state index in [-0.39, 0.29) is 0 Å². The topological polar surface area (TPSA) is 49.0 Å². The Kier molecular flexibility index (Phi) is 3.50. The third kappa shape index (κ3) is 2.89. The Bertz CT molecular complexity index is 569. The summed E-state index contributed by atoms with van der Waals surface area (Å²) >= 11 is 3.48. The number of furan rings is 1. The maximum Gasteiger partial charge on any atom is 0.203 e. The number of nitriles is 1. The van der Waals surface area contributed by atoms with Crippen LogP contribution in [0.3, 0.4) is 0 Å². The second-order valence-corrected chi connectivity index (χ2v) is 4.55. The van der Waals surface area contributed by atoms with Crippen molar-refractivity contribution in [1.82, 2.24) is 0 Å². The fourth-order valence-corrected chi connectivity index (χ4v) is 1.80. The summed E-state index contributed by atoms with van der Waals surface area (Å²) in [6.07, 6.45) is 0. The van der Waals surface area contributed by atoms with E-state index < -0.39 is 0 Å². The quantitative estimate of drug-likeness (QED) is 0.934. The molecule has 17 heavy (non-hydrogen) atoms. The maximum absolute atomic E-state index is 8.63. The molecule has 1 N–H and O–H groups in total. The van der Waals surface area contributed by atoms with Crippen LogP contribution in [0.4, 0.5) is 5.69 Å². The molecule has 4 heteroatoms. The predicted molar refractivity (Wildman–Crippen MR) is 69.6 cm³/mol. The highest BCUT2D eigenvalue weighted by Gasteiger charge is 2.01. The second kappa shape index (κ2) is 5.07. The Morgan fingerprint density at radius 1 is 1.35 bits per heavy atom. The Labute approximate surface area is 108 Å². The van der Waals surface area contributed by atoms with E-state index in [1.807, 2.05) is 31.2 Å². The molecule has 0 saturated heterocycles. The van der Waals surface area contributed by atoms with Crippen molar-refractivity contribution >= 4 is 21.6 Å². The molecule has 0 aliphatic heterocycles. The molecule has 0 fully saturated rings. The van der Waals surface area contributed by atoms with Crippen LogP contribution in [0.5, 0.6) is 0 Å². The smallest absolute Gasteiger partial charge is 0.203 e. The summed E-state index contributed by atoms with van der Waals surface area (Å²) in [5.41, 5.74) is 2.21. The number of benzene rings is 1. The van der Waals surface area contributed by atoms with Crippen molar-refractivity contribution in [2.75, 3.05) is 5.32 Å². The van der Waals surface area contributed by atoms with E-state index in [2.05, 4.69) is 21.2 Å². The van der Waals surface area contributed by atoms with E-state index in [0.717, 1.165) is 15.9 Å². The van der Waals surface area contributed by atoms with E-state index in [1.54, 1.807) is 12.1 Å². The zero-order valence-electron chi connectivity index (χ0n) is 9.33. The van der Waals surface area contributed by atoms with E-state index in [4.69, 9.17) is 9.68 Å². The van der Waals surface area contributed by atoms with Crippen molar-refractivity contribution in [3.63, 3.8) is 0 Å². The number of halogens is 1. The average Bonchev–Trinajstić information content (AvgIpc) is 2.79. The van der Waals surface area contributed by atoms with Crippen molar-refractivity contribution in [2.24, 2.45) is 0 Å². The number of nitrogens with one attached hydrogen (secondary N) is 1. The summed E-state index contributed by atoms with van der Waals surface area (Å²) in [5.74, 6) is 1.09. The van der Waals surface area contributed by atoms with Crippen molar-refractivity contribution in [2.45, 2.75) is 13.5 Å². The lowest BCUT2D eigenvalue weighted by molar-refractivity contribution is 0.506. The highest BCUT2D eigenvalue weighted by atomic mass is 79.9. The van der Waals surface area contributed by atoms with Crippen molar-refractivity contribution in [3.8, 4) is 6.07 Å². The van der Waals surface area contributed by atoms with Gasteiger partial charge >= 0.3 is 0 Å². The van der Waals surface area contributed by atoms with Crippen LogP contribution in [-0.4, -0.2) is 0 Å². The number of hydrogen-bond donors (Lipinski definition) is 1. The number of nitrogens with zero attached hydrogens (tertiary/aromatic N) is 1. The lowest BCUT2D eigenvalue weighted by atomic mass is 10.2. The Hall–Kier alpha value is -1.73. The molecule has 0 radical (unpaired) electrons. The Balaban J connectivity index is 2.02. The van der Waals surface area contributed by atoms with Gasteiger partial charge in [0.1, 0.15) is 11.8 Å². The van der Waals surface area contributed by atoms with E-state index >= 15 is 0 Å². The van der Waals surface area contributed by atoms with Crippen LogP contribution < -0.4 is 5.32 Å². The van der Waals surface area contributed by atoms with Gasteiger partial charge < -0.3 is 9.73 Å². The summed E-state index contributed by atoms with van der Waals surface area (Å²) in [6.45, 7) is 2.61. The molecule has 2 rings (SSSR count). The SMILES string of the molecule is Cc1ccc(NCc2ccc(C#N)o2)cc1Br. The maximum atomic E-state index is 8.63. The zero-order chi connectivity index (χ0) is 12.3. The summed E-state index contributed by atoms with van der Waals surface area (Å²) in [6, 6.07) is 11.5. The van der Waals surface area contributed by atoms with Crippen LogP contribution in [-0.2, 0) is 6.54 Å². The van der Waals surface area contributed by atoms with Gasteiger partial charge in [-0.1, -0.05) is 22.0 Å². The van der Waals surface area contributed by atoms with Crippen LogP contribution in [0.2, 0.25) is 0 Å². The zero-order valence-corrected chi connectivity index (χ0v) is 10.9. The Morgan fingerprint density at radius 2 is 2.18 bits per heavy atom. The first kappa shape index (κ1) is 11.7. The molecule has 0 aliphatic rings. The Morgan fingerprint density at radius 3 is 2.82 bits per heavy atom. The predicted octanol–water partition coefficient (Wildman–Crippen LogP) is 3.83. The number of aryl methyl sites for hydroxylation is 1. The molecule has 0 unspecified atom stereocenters. The van der Waals surface area contributed by atoms with Gasteiger partial charge in [0, 0.05) is 10.2 Å². The summed E-state index contributed by atoms with van der Waals surface area (Å²) < 4.78 is 6.34. The van der Waals surface area contributed by atoms with Gasteiger partial charge in [-0.25, -0.2) is 0 Å². The van der Waals surface area contributed by atoms with Gasteiger partial charge in [0.05, 0.1) is 6.54 Å². The number of rotatable bonds is 3. The van der Waals surface area contributed by atoms with Crippen molar-refractivity contribution < 1.29 is 4.42 Å². The molecule has 0 saturated carbocycles. The molecule has 0 spiro atoms. The van der Waals surface area contributed by atoms with Crippen LogP contribution in [0.25, 0.3) is 0 Å². The molecule has 2 aromatic rings. The minimum Gasteiger partial charge on any atom is -0.449 e. The molecule has 0 bridgehead atoms. The van der Waals surface area contributed by atoms with Gasteiger partial charge in [-0.2, -0.15) is 5.26 Å². The van der Waals surface area contributed by atoms with E-state index in [9.17, 15) is 0 Å². The lowest BCUT2D eigenvalue weighted by Gasteiger charge is -2.06. The van der Waals surface area contributed by atoms with Gasteiger partial charge in [0.15, 0.2) is 0 Å². The fourth-order valence-electron chi connectivity index (χ4n) is 1.43. The minimum absolute atomic E-state index is 0.340. The monoisotopic (exact) mass is 290 g/mol. The minimum atomic E-state index is 0.340. The highest BCUT2D eigenvalue weighted by Crippen LogP contribution is 2.21. The summed E-state index contributed by atoms with van der Waals surface area (Å²) in [5, 5.41) is 11.9. The van der Waals surface area contributed by atoms with Crippen LogP contribution in [0, 0.1) is 18.3 Å². The van der Waals surface area contributed by atoms with Gasteiger partial charge in [-0.05, 0) is 36.8 Å². The average molecular weight is 291 g/mol. The van der Waals surface area contributed by atoms with E-state index in [1.165, 1.54) is 5.56 Å². The van der Waals surface area contributed by atoms with Crippen LogP contribution in [0.15, 0.2) is 39.2 Å². The first-order valence-corrected chi connectivity index (χ1v) is 5.97.